The van der Waals surface area contributed by atoms with Crippen LogP contribution in [0.1, 0.15) is 12.8 Å². The second-order valence-electron chi connectivity index (χ2n) is 4.36. The van der Waals surface area contributed by atoms with Crippen molar-refractivity contribution in [1.82, 2.24) is 5.32 Å². The van der Waals surface area contributed by atoms with Crippen molar-refractivity contribution in [3.8, 4) is 0 Å². The van der Waals surface area contributed by atoms with Gasteiger partial charge in [-0.3, -0.25) is 9.59 Å². The van der Waals surface area contributed by atoms with Crippen molar-refractivity contribution in [2.45, 2.75) is 12.8 Å². The standard InChI is InChI=1S/C12H12N2O5/c15-6-7(16)1-3-12(10(17)18)4-2-8-9(5-12)14-11(19)13-8/h2,4-5,15H,1,3,6H2,(H,14,19)(H,17,18). The predicted molar refractivity (Wildman–Crippen MR) is 64.6 cm³/mol. The van der Waals surface area contributed by atoms with E-state index < -0.39 is 29.8 Å². The molecule has 1 atom stereocenters. The molecule has 1 aliphatic heterocycles. The number of carbonyl (C=O) groups is 3. The lowest BCUT2D eigenvalue weighted by atomic mass is 9.78. The van der Waals surface area contributed by atoms with Gasteiger partial charge in [0, 0.05) is 6.42 Å². The molecule has 1 heterocycles. The molecule has 19 heavy (non-hydrogen) atoms. The van der Waals surface area contributed by atoms with Crippen LogP contribution in [0.4, 0.5) is 4.79 Å². The van der Waals surface area contributed by atoms with Crippen LogP contribution in [0.5, 0.6) is 0 Å². The molecule has 7 heteroatoms. The summed E-state index contributed by atoms with van der Waals surface area (Å²) in [4.78, 5) is 37.3. The Kier molecular flexibility index (Phi) is 3.30. The average molecular weight is 264 g/mol. The number of nitrogens with one attached hydrogen (secondary N) is 1. The van der Waals surface area contributed by atoms with E-state index in [2.05, 4.69) is 10.3 Å². The Labute approximate surface area is 108 Å². The highest BCUT2D eigenvalue weighted by molar-refractivity contribution is 6.19. The van der Waals surface area contributed by atoms with E-state index in [1.807, 2.05) is 0 Å². The molecular formula is C12H12N2O5. The van der Waals surface area contributed by atoms with E-state index in [4.69, 9.17) is 5.11 Å². The van der Waals surface area contributed by atoms with Gasteiger partial charge in [0.1, 0.15) is 12.0 Å². The molecule has 0 spiro atoms. The predicted octanol–water partition coefficient (Wildman–Crippen LogP) is 0.0169. The quantitative estimate of drug-likeness (QED) is 0.647. The molecular weight excluding hydrogens is 252 g/mol. The van der Waals surface area contributed by atoms with Crippen molar-refractivity contribution in [2.24, 2.45) is 10.4 Å². The maximum absolute atomic E-state index is 11.4. The summed E-state index contributed by atoms with van der Waals surface area (Å²) in [5.41, 5.74) is -0.640. The van der Waals surface area contributed by atoms with E-state index in [0.29, 0.717) is 11.4 Å². The molecule has 1 unspecified atom stereocenters. The zero-order valence-electron chi connectivity index (χ0n) is 9.92. The van der Waals surface area contributed by atoms with Gasteiger partial charge in [-0.1, -0.05) is 6.08 Å². The van der Waals surface area contributed by atoms with Crippen LogP contribution in [-0.4, -0.2) is 40.3 Å². The highest BCUT2D eigenvalue weighted by atomic mass is 16.4. The Morgan fingerprint density at radius 1 is 1.42 bits per heavy atom. The minimum atomic E-state index is -1.36. The molecule has 0 saturated carbocycles. The largest absolute Gasteiger partial charge is 0.480 e. The zero-order valence-corrected chi connectivity index (χ0v) is 9.92. The van der Waals surface area contributed by atoms with Gasteiger partial charge in [0.05, 0.1) is 11.4 Å². The molecule has 7 nitrogen and oxygen atoms in total. The Balaban J connectivity index is 2.26. The zero-order chi connectivity index (χ0) is 14.0. The number of fused-ring (bicyclic) bond motifs is 1. The van der Waals surface area contributed by atoms with Gasteiger partial charge in [-0.05, 0) is 18.6 Å². The highest BCUT2D eigenvalue weighted by Gasteiger charge is 2.38. The van der Waals surface area contributed by atoms with Crippen LogP contribution in [0.3, 0.4) is 0 Å². The van der Waals surface area contributed by atoms with Crippen molar-refractivity contribution < 1.29 is 24.6 Å². The molecule has 2 rings (SSSR count). The van der Waals surface area contributed by atoms with Gasteiger partial charge in [-0.25, -0.2) is 4.79 Å². The number of aliphatic hydroxyl groups excluding tert-OH is 1. The average Bonchev–Trinajstić information content (AvgIpc) is 2.74. The number of carboxylic acid groups (broad SMARTS) is 1. The van der Waals surface area contributed by atoms with E-state index in [0.717, 1.165) is 0 Å². The van der Waals surface area contributed by atoms with Gasteiger partial charge >= 0.3 is 12.0 Å². The normalized spacial score (nSPS) is 24.4. The molecule has 2 amide bonds. The maximum atomic E-state index is 11.4. The first-order valence-electron chi connectivity index (χ1n) is 5.65. The number of hydrogen-bond acceptors (Lipinski definition) is 4. The van der Waals surface area contributed by atoms with Crippen LogP contribution in [0.15, 0.2) is 28.9 Å². The smallest absolute Gasteiger partial charge is 0.346 e. The van der Waals surface area contributed by atoms with Gasteiger partial charge < -0.3 is 15.5 Å². The molecule has 2 aliphatic rings. The molecule has 0 bridgehead atoms. The lowest BCUT2D eigenvalue weighted by Gasteiger charge is -2.25. The fourth-order valence-corrected chi connectivity index (χ4v) is 1.97. The number of allylic oxidation sites excluding steroid dienone is 1. The minimum Gasteiger partial charge on any atom is -0.480 e. The summed E-state index contributed by atoms with van der Waals surface area (Å²) >= 11 is 0. The third-order valence-corrected chi connectivity index (χ3v) is 3.07. The third kappa shape index (κ3) is 2.45. The van der Waals surface area contributed by atoms with E-state index in [1.165, 1.54) is 18.2 Å². The topological polar surface area (TPSA) is 116 Å². The summed E-state index contributed by atoms with van der Waals surface area (Å²) in [6.07, 6.45) is 4.19. The summed E-state index contributed by atoms with van der Waals surface area (Å²) in [5, 5.41) is 20.4. The van der Waals surface area contributed by atoms with Crippen molar-refractivity contribution in [3.63, 3.8) is 0 Å². The van der Waals surface area contributed by atoms with Crippen LogP contribution < -0.4 is 5.32 Å². The van der Waals surface area contributed by atoms with Gasteiger partial charge in [0.2, 0.25) is 0 Å². The van der Waals surface area contributed by atoms with E-state index in [1.54, 1.807) is 0 Å². The Hall–Kier alpha value is -2.28. The molecule has 0 radical (unpaired) electrons. The number of hydrogen-bond donors (Lipinski definition) is 3. The Morgan fingerprint density at radius 3 is 2.79 bits per heavy atom. The minimum absolute atomic E-state index is 0.0187. The number of ketones is 1. The summed E-state index contributed by atoms with van der Waals surface area (Å²) < 4.78 is 0. The van der Waals surface area contributed by atoms with Crippen molar-refractivity contribution in [3.05, 3.63) is 23.9 Å². The summed E-state index contributed by atoms with van der Waals surface area (Å²) in [6, 6.07) is -0.543. The SMILES string of the molecule is O=C(CO)CCC1(C(=O)O)C=CC2=NC(=O)NC2=C1. The number of aliphatic carboxylic acids is 1. The number of urea groups is 1. The Bertz CT molecular complexity index is 546. The van der Waals surface area contributed by atoms with Crippen LogP contribution in [-0.2, 0) is 9.59 Å². The Morgan fingerprint density at radius 2 is 2.16 bits per heavy atom. The molecule has 0 fully saturated rings. The fraction of sp³-hybridized carbons (Fsp3) is 0.333. The summed E-state index contributed by atoms with van der Waals surface area (Å²) in [7, 11) is 0. The molecule has 0 aromatic carbocycles. The summed E-state index contributed by atoms with van der Waals surface area (Å²) in [5.74, 6) is -1.55. The van der Waals surface area contributed by atoms with Crippen LogP contribution in [0.2, 0.25) is 0 Å². The molecule has 0 aromatic heterocycles. The van der Waals surface area contributed by atoms with E-state index >= 15 is 0 Å². The molecule has 0 aromatic rings. The van der Waals surface area contributed by atoms with Crippen LogP contribution in [0, 0.1) is 5.41 Å². The molecule has 0 saturated heterocycles. The van der Waals surface area contributed by atoms with Gasteiger partial charge in [0.15, 0.2) is 5.78 Å². The maximum Gasteiger partial charge on any atom is 0.346 e. The first-order valence-corrected chi connectivity index (χ1v) is 5.65. The number of amides is 2. The number of aliphatic imine (C=N–C) groups is 1. The van der Waals surface area contributed by atoms with E-state index in [-0.39, 0.29) is 12.8 Å². The number of Topliss-reactive ketones (excluding diaryl/α,β-unsaturated/α-hetero) is 1. The van der Waals surface area contributed by atoms with Crippen molar-refractivity contribution in [2.75, 3.05) is 6.61 Å². The number of aliphatic hydroxyl groups is 1. The van der Waals surface area contributed by atoms with Crippen molar-refractivity contribution >= 4 is 23.5 Å². The fourth-order valence-electron chi connectivity index (χ4n) is 1.97. The number of carboxylic acids is 1. The number of nitrogens with zero attached hydrogens (tertiary/aromatic N) is 1. The van der Waals surface area contributed by atoms with E-state index in [9.17, 15) is 19.5 Å². The lowest BCUT2D eigenvalue weighted by Crippen LogP contribution is -2.32. The van der Waals surface area contributed by atoms with Crippen molar-refractivity contribution in [1.29, 1.82) is 0 Å². The molecule has 100 valence electrons. The van der Waals surface area contributed by atoms with Gasteiger partial charge in [0.25, 0.3) is 0 Å². The third-order valence-electron chi connectivity index (χ3n) is 3.07. The van der Waals surface area contributed by atoms with Gasteiger partial charge in [-0.2, -0.15) is 4.99 Å². The lowest BCUT2D eigenvalue weighted by molar-refractivity contribution is -0.144. The molecule has 1 aliphatic carbocycles. The first kappa shape index (κ1) is 13.2. The number of rotatable bonds is 5. The van der Waals surface area contributed by atoms with Crippen LogP contribution in [0.25, 0.3) is 0 Å². The number of carbonyl (C=O) groups excluding carboxylic acids is 2. The highest BCUT2D eigenvalue weighted by Crippen LogP contribution is 2.33. The second kappa shape index (κ2) is 4.77. The van der Waals surface area contributed by atoms with Crippen LogP contribution >= 0.6 is 0 Å². The molecule has 3 N–H and O–H groups in total. The second-order valence-corrected chi connectivity index (χ2v) is 4.36. The first-order chi connectivity index (χ1) is 8.97. The monoisotopic (exact) mass is 264 g/mol. The summed E-state index contributed by atoms with van der Waals surface area (Å²) in [6.45, 7) is -0.612. The van der Waals surface area contributed by atoms with Gasteiger partial charge in [-0.15, -0.1) is 0 Å².